The number of ether oxygens (including phenoxy) is 1. The summed E-state index contributed by atoms with van der Waals surface area (Å²) in [6.07, 6.45) is 0. The fourth-order valence-corrected chi connectivity index (χ4v) is 4.12. The average Bonchev–Trinajstić information content (AvgIpc) is 3.32. The predicted molar refractivity (Wildman–Crippen MR) is 109 cm³/mol. The van der Waals surface area contributed by atoms with Gasteiger partial charge in [0.2, 0.25) is 0 Å². The largest absolute Gasteiger partial charge is 0.383 e. The molecule has 142 valence electrons. The van der Waals surface area contributed by atoms with Crippen molar-refractivity contribution < 1.29 is 14.1 Å². The number of halogens is 1. The van der Waals surface area contributed by atoms with Gasteiger partial charge in [-0.2, -0.15) is 4.99 Å². The molecule has 6 nitrogen and oxygen atoms in total. The number of hydrogen-bond acceptors (Lipinski definition) is 5. The average molecular weight is 414 g/mol. The van der Waals surface area contributed by atoms with Crippen molar-refractivity contribution in [3.05, 3.63) is 70.1 Å². The Balaban J connectivity index is 1.73. The second-order valence-corrected chi connectivity index (χ2v) is 7.45. The van der Waals surface area contributed by atoms with E-state index in [1.807, 2.05) is 53.1 Å². The smallest absolute Gasteiger partial charge is 0.301 e. The molecule has 0 radical (unpaired) electrons. The number of carbonyl (C=O) groups is 1. The molecule has 0 spiro atoms. The highest BCUT2D eigenvalue weighted by molar-refractivity contribution is 7.16. The van der Waals surface area contributed by atoms with E-state index in [0.717, 1.165) is 15.8 Å². The third-order valence-corrected chi connectivity index (χ3v) is 5.42. The maximum Gasteiger partial charge on any atom is 0.301 e. The molecule has 0 aliphatic rings. The normalized spacial score (nSPS) is 12.0. The minimum absolute atomic E-state index is 0.160. The number of amides is 1. The maximum atomic E-state index is 12.7. The van der Waals surface area contributed by atoms with E-state index in [9.17, 15) is 4.79 Å². The second kappa shape index (κ2) is 8.10. The van der Waals surface area contributed by atoms with Gasteiger partial charge in [0.05, 0.1) is 16.8 Å². The molecule has 0 aliphatic carbocycles. The van der Waals surface area contributed by atoms with Gasteiger partial charge in [-0.25, -0.2) is 0 Å². The first kappa shape index (κ1) is 18.6. The van der Waals surface area contributed by atoms with Gasteiger partial charge in [-0.05, 0) is 18.2 Å². The Bertz CT molecular complexity index is 1190. The Morgan fingerprint density at radius 3 is 2.86 bits per heavy atom. The highest BCUT2D eigenvalue weighted by Crippen LogP contribution is 2.23. The maximum absolute atomic E-state index is 12.7. The van der Waals surface area contributed by atoms with Crippen LogP contribution in [-0.2, 0) is 11.3 Å². The predicted octanol–water partition coefficient (Wildman–Crippen LogP) is 4.40. The van der Waals surface area contributed by atoms with Crippen molar-refractivity contribution in [3.8, 4) is 11.3 Å². The SMILES string of the molecule is COCCn1c(=NC(=O)c2cc(-c3ccccc3)on2)sc2cc(Cl)ccc21. The molecule has 2 heterocycles. The number of thiazole rings is 1. The minimum atomic E-state index is -0.463. The van der Waals surface area contributed by atoms with Crippen LogP contribution < -0.4 is 4.80 Å². The second-order valence-electron chi connectivity index (χ2n) is 6.00. The summed E-state index contributed by atoms with van der Waals surface area (Å²) in [6, 6.07) is 16.7. The van der Waals surface area contributed by atoms with Crippen molar-refractivity contribution in [2.24, 2.45) is 4.99 Å². The summed E-state index contributed by atoms with van der Waals surface area (Å²) in [5.41, 5.74) is 1.96. The zero-order valence-electron chi connectivity index (χ0n) is 15.0. The first-order valence-corrected chi connectivity index (χ1v) is 9.74. The number of carbonyl (C=O) groups excluding carboxylic acids is 1. The Hall–Kier alpha value is -2.74. The molecule has 1 amide bonds. The van der Waals surface area contributed by atoms with Crippen LogP contribution in [0.1, 0.15) is 10.5 Å². The summed E-state index contributed by atoms with van der Waals surface area (Å²) in [4.78, 5) is 17.5. The highest BCUT2D eigenvalue weighted by atomic mass is 35.5. The van der Waals surface area contributed by atoms with E-state index < -0.39 is 5.91 Å². The molecule has 2 aromatic heterocycles. The molecule has 0 saturated carbocycles. The molecule has 0 unspecified atom stereocenters. The first-order chi connectivity index (χ1) is 13.7. The van der Waals surface area contributed by atoms with Gasteiger partial charge in [-0.15, -0.1) is 0 Å². The van der Waals surface area contributed by atoms with Crippen molar-refractivity contribution in [1.82, 2.24) is 9.72 Å². The van der Waals surface area contributed by atoms with Crippen LogP contribution in [0.25, 0.3) is 21.5 Å². The lowest BCUT2D eigenvalue weighted by molar-refractivity contribution is 0.0989. The lowest BCUT2D eigenvalue weighted by Gasteiger charge is -2.03. The number of hydrogen-bond donors (Lipinski definition) is 0. The molecule has 0 N–H and O–H groups in total. The van der Waals surface area contributed by atoms with Gasteiger partial charge in [0, 0.05) is 30.3 Å². The third-order valence-electron chi connectivity index (χ3n) is 4.15. The zero-order valence-corrected chi connectivity index (χ0v) is 16.5. The van der Waals surface area contributed by atoms with Crippen LogP contribution in [0.5, 0.6) is 0 Å². The van der Waals surface area contributed by atoms with E-state index in [0.29, 0.717) is 28.7 Å². The van der Waals surface area contributed by atoms with Crippen molar-refractivity contribution in [3.63, 3.8) is 0 Å². The fourth-order valence-electron chi connectivity index (χ4n) is 2.79. The highest BCUT2D eigenvalue weighted by Gasteiger charge is 2.14. The topological polar surface area (TPSA) is 69.6 Å². The van der Waals surface area contributed by atoms with Crippen LogP contribution >= 0.6 is 22.9 Å². The van der Waals surface area contributed by atoms with E-state index in [1.165, 1.54) is 11.3 Å². The van der Waals surface area contributed by atoms with Crippen LogP contribution in [0.4, 0.5) is 0 Å². The Kier molecular flexibility index (Phi) is 5.38. The summed E-state index contributed by atoms with van der Waals surface area (Å²) >= 11 is 7.49. The summed E-state index contributed by atoms with van der Waals surface area (Å²) in [7, 11) is 1.63. The van der Waals surface area contributed by atoms with Crippen LogP contribution in [-0.4, -0.2) is 29.3 Å². The summed E-state index contributed by atoms with van der Waals surface area (Å²) in [5, 5.41) is 4.51. The first-order valence-electron chi connectivity index (χ1n) is 8.55. The molecule has 0 aliphatic heterocycles. The molecular formula is C20H16ClN3O3S. The van der Waals surface area contributed by atoms with Gasteiger partial charge < -0.3 is 13.8 Å². The number of methoxy groups -OCH3 is 1. The van der Waals surface area contributed by atoms with Gasteiger partial charge in [0.1, 0.15) is 0 Å². The van der Waals surface area contributed by atoms with Gasteiger partial charge in [0.25, 0.3) is 0 Å². The molecule has 4 aromatic rings. The third kappa shape index (κ3) is 3.77. The van der Waals surface area contributed by atoms with Gasteiger partial charge in [-0.1, -0.05) is 58.4 Å². The molecule has 2 aromatic carbocycles. The number of aromatic nitrogens is 2. The summed E-state index contributed by atoms with van der Waals surface area (Å²) in [5.74, 6) is 0.0595. The number of nitrogens with zero attached hydrogens (tertiary/aromatic N) is 3. The Morgan fingerprint density at radius 1 is 1.25 bits per heavy atom. The van der Waals surface area contributed by atoms with E-state index in [4.69, 9.17) is 20.9 Å². The number of benzene rings is 2. The Labute approximate surface area is 169 Å². The minimum Gasteiger partial charge on any atom is -0.383 e. The van der Waals surface area contributed by atoms with Gasteiger partial charge in [0.15, 0.2) is 16.3 Å². The summed E-state index contributed by atoms with van der Waals surface area (Å²) < 4.78 is 13.4. The molecule has 0 fully saturated rings. The molecule has 8 heteroatoms. The molecule has 28 heavy (non-hydrogen) atoms. The molecule has 0 saturated heterocycles. The van der Waals surface area contributed by atoms with Crippen molar-refractivity contribution in [1.29, 1.82) is 0 Å². The van der Waals surface area contributed by atoms with E-state index in [1.54, 1.807) is 13.2 Å². The molecule has 0 bridgehead atoms. The lowest BCUT2D eigenvalue weighted by atomic mass is 10.1. The molecule has 0 atom stereocenters. The van der Waals surface area contributed by atoms with Crippen molar-refractivity contribution >= 4 is 39.1 Å². The van der Waals surface area contributed by atoms with Gasteiger partial charge >= 0.3 is 5.91 Å². The standard InChI is InChI=1S/C20H16ClN3O3S/c1-26-10-9-24-16-8-7-14(21)11-18(16)28-20(24)22-19(25)15-12-17(27-23-15)13-5-3-2-4-6-13/h2-8,11-12H,9-10H2,1H3. The van der Waals surface area contributed by atoms with Crippen molar-refractivity contribution in [2.45, 2.75) is 6.54 Å². The molecular weight excluding hydrogens is 398 g/mol. The zero-order chi connectivity index (χ0) is 19.5. The van der Waals surface area contributed by atoms with Crippen LogP contribution in [0.15, 0.2) is 64.1 Å². The quantitative estimate of drug-likeness (QED) is 0.486. The fraction of sp³-hybridized carbons (Fsp3) is 0.150. The van der Waals surface area contributed by atoms with Crippen LogP contribution in [0.3, 0.4) is 0 Å². The lowest BCUT2D eigenvalue weighted by Crippen LogP contribution is -2.19. The monoisotopic (exact) mass is 413 g/mol. The van der Waals surface area contributed by atoms with E-state index >= 15 is 0 Å². The van der Waals surface area contributed by atoms with Crippen LogP contribution in [0.2, 0.25) is 5.02 Å². The number of rotatable bonds is 5. The summed E-state index contributed by atoms with van der Waals surface area (Å²) in [6.45, 7) is 1.07. The number of fused-ring (bicyclic) bond motifs is 1. The van der Waals surface area contributed by atoms with Gasteiger partial charge in [-0.3, -0.25) is 4.79 Å². The molecule has 4 rings (SSSR count). The van der Waals surface area contributed by atoms with Crippen LogP contribution in [0, 0.1) is 0 Å². The van der Waals surface area contributed by atoms with E-state index in [-0.39, 0.29) is 5.69 Å². The van der Waals surface area contributed by atoms with E-state index in [2.05, 4.69) is 10.1 Å². The van der Waals surface area contributed by atoms with Crippen molar-refractivity contribution in [2.75, 3.05) is 13.7 Å². The Morgan fingerprint density at radius 2 is 2.07 bits per heavy atom.